The van der Waals surface area contributed by atoms with Crippen molar-refractivity contribution < 1.29 is 23.9 Å². The molecule has 0 radical (unpaired) electrons. The monoisotopic (exact) mass is 458 g/mol. The van der Waals surface area contributed by atoms with Crippen molar-refractivity contribution >= 4 is 23.6 Å². The summed E-state index contributed by atoms with van der Waals surface area (Å²) in [5.41, 5.74) is 3.26. The molecule has 3 aromatic carbocycles. The minimum Gasteiger partial charge on any atom is -0.490 e. The van der Waals surface area contributed by atoms with Crippen molar-refractivity contribution in [1.29, 1.82) is 0 Å². The number of nitro groups is 1. The Bertz CT molecular complexity index is 1310. The maximum atomic E-state index is 12.4. The zero-order valence-electron chi connectivity index (χ0n) is 18.7. The largest absolute Gasteiger partial charge is 0.490 e. The number of carbonyl (C=O) groups excluding carboxylic acids is 1. The molecule has 1 aliphatic heterocycles. The fourth-order valence-electron chi connectivity index (χ4n) is 3.42. The predicted octanol–water partition coefficient (Wildman–Crippen LogP) is 5.23. The van der Waals surface area contributed by atoms with Gasteiger partial charge in [0.05, 0.1) is 11.5 Å². The number of hydrogen-bond acceptors (Lipinski definition) is 7. The molecule has 34 heavy (non-hydrogen) atoms. The summed E-state index contributed by atoms with van der Waals surface area (Å²) in [7, 11) is 0. The number of aryl methyl sites for hydroxylation is 1. The summed E-state index contributed by atoms with van der Waals surface area (Å²) in [6.07, 6.45) is 1.63. The van der Waals surface area contributed by atoms with Gasteiger partial charge in [0, 0.05) is 17.7 Å². The lowest BCUT2D eigenvalue weighted by Crippen LogP contribution is -2.06. The third-order valence-corrected chi connectivity index (χ3v) is 5.08. The van der Waals surface area contributed by atoms with Crippen LogP contribution in [0.1, 0.15) is 29.2 Å². The maximum Gasteiger partial charge on any atom is 0.363 e. The van der Waals surface area contributed by atoms with E-state index in [-0.39, 0.29) is 23.9 Å². The Morgan fingerprint density at radius 2 is 1.85 bits per heavy atom. The first kappa shape index (κ1) is 22.7. The molecule has 1 heterocycles. The highest BCUT2D eigenvalue weighted by Crippen LogP contribution is 2.31. The lowest BCUT2D eigenvalue weighted by atomic mass is 10.1. The number of cyclic esters (lactones) is 1. The summed E-state index contributed by atoms with van der Waals surface area (Å²) in [5.74, 6) is 0.712. The second kappa shape index (κ2) is 9.99. The molecule has 0 spiro atoms. The van der Waals surface area contributed by atoms with Crippen LogP contribution in [0.25, 0.3) is 6.08 Å². The van der Waals surface area contributed by atoms with Crippen molar-refractivity contribution in [3.05, 3.63) is 105 Å². The molecule has 0 saturated heterocycles. The van der Waals surface area contributed by atoms with E-state index in [1.165, 1.54) is 12.1 Å². The molecule has 0 aliphatic carbocycles. The first-order valence-corrected chi connectivity index (χ1v) is 10.7. The zero-order valence-corrected chi connectivity index (χ0v) is 18.7. The summed E-state index contributed by atoms with van der Waals surface area (Å²) >= 11 is 0. The smallest absolute Gasteiger partial charge is 0.363 e. The average molecular weight is 458 g/mol. The molecular weight excluding hydrogens is 436 g/mol. The molecule has 0 bridgehead atoms. The molecule has 8 heteroatoms. The molecule has 0 unspecified atom stereocenters. The summed E-state index contributed by atoms with van der Waals surface area (Å²) in [6, 6.07) is 19.0. The highest BCUT2D eigenvalue weighted by atomic mass is 16.6. The molecule has 0 amide bonds. The number of carbonyl (C=O) groups is 1. The van der Waals surface area contributed by atoms with Gasteiger partial charge in [-0.1, -0.05) is 36.4 Å². The third-order valence-electron chi connectivity index (χ3n) is 5.08. The van der Waals surface area contributed by atoms with Crippen LogP contribution in [-0.4, -0.2) is 23.4 Å². The zero-order chi connectivity index (χ0) is 24.1. The molecule has 0 aromatic heterocycles. The lowest BCUT2D eigenvalue weighted by molar-refractivity contribution is -0.384. The van der Waals surface area contributed by atoms with Crippen molar-refractivity contribution in [2.45, 2.75) is 20.5 Å². The molecule has 1 aliphatic rings. The fourth-order valence-corrected chi connectivity index (χ4v) is 3.42. The van der Waals surface area contributed by atoms with Gasteiger partial charge in [-0.2, -0.15) is 0 Å². The topological polar surface area (TPSA) is 100 Å². The molecular formula is C26H22N2O6. The van der Waals surface area contributed by atoms with Crippen molar-refractivity contribution in [2.75, 3.05) is 6.61 Å². The van der Waals surface area contributed by atoms with Gasteiger partial charge in [-0.25, -0.2) is 9.79 Å². The van der Waals surface area contributed by atoms with Crippen molar-refractivity contribution in [2.24, 2.45) is 4.99 Å². The summed E-state index contributed by atoms with van der Waals surface area (Å²) in [6.45, 7) is 4.32. The van der Waals surface area contributed by atoms with E-state index in [1.54, 1.807) is 36.4 Å². The number of ether oxygens (including phenoxy) is 3. The van der Waals surface area contributed by atoms with E-state index < -0.39 is 10.9 Å². The molecule has 0 N–H and O–H groups in total. The summed E-state index contributed by atoms with van der Waals surface area (Å²) < 4.78 is 16.9. The van der Waals surface area contributed by atoms with Crippen LogP contribution in [0.2, 0.25) is 0 Å². The SMILES string of the molecule is CCOc1cc(/C=C2\N=C(c3ccccc3C)OC2=O)ccc1OCc1cccc([N+](=O)[O-])c1. The number of hydrogen-bond donors (Lipinski definition) is 0. The van der Waals surface area contributed by atoms with Gasteiger partial charge in [-0.3, -0.25) is 10.1 Å². The highest BCUT2D eigenvalue weighted by Gasteiger charge is 2.25. The summed E-state index contributed by atoms with van der Waals surface area (Å²) in [5, 5.41) is 11.0. The fraction of sp³-hybridized carbons (Fsp3) is 0.154. The first-order chi connectivity index (χ1) is 16.4. The van der Waals surface area contributed by atoms with Gasteiger partial charge in [-0.15, -0.1) is 0 Å². The Hall–Kier alpha value is -4.46. The lowest BCUT2D eigenvalue weighted by Gasteiger charge is -2.13. The van der Waals surface area contributed by atoms with Gasteiger partial charge in [0.15, 0.2) is 17.2 Å². The van der Waals surface area contributed by atoms with Gasteiger partial charge in [-0.05, 0) is 54.8 Å². The van der Waals surface area contributed by atoms with E-state index in [4.69, 9.17) is 14.2 Å². The van der Waals surface area contributed by atoms with Crippen LogP contribution in [0.3, 0.4) is 0 Å². The Balaban J connectivity index is 1.56. The second-order valence-electron chi connectivity index (χ2n) is 7.51. The number of non-ortho nitro benzene ring substituents is 1. The van der Waals surface area contributed by atoms with Crippen LogP contribution in [0, 0.1) is 17.0 Å². The number of esters is 1. The quantitative estimate of drug-likeness (QED) is 0.198. The number of aliphatic imine (C=N–C) groups is 1. The standard InChI is InChI=1S/C26H22N2O6/c1-3-32-24-15-18(11-12-23(24)33-16-19-8-6-9-20(13-19)28(30)31)14-22-26(29)34-25(27-22)21-10-5-4-7-17(21)2/h4-15H,3,16H2,1-2H3/b22-14-. The molecule has 8 nitrogen and oxygen atoms in total. The van der Waals surface area contributed by atoms with Gasteiger partial charge in [0.25, 0.3) is 5.69 Å². The molecule has 0 fully saturated rings. The van der Waals surface area contributed by atoms with E-state index in [9.17, 15) is 14.9 Å². The number of rotatable bonds is 8. The van der Waals surface area contributed by atoms with E-state index in [1.807, 2.05) is 38.1 Å². The Morgan fingerprint density at radius 1 is 1.03 bits per heavy atom. The van der Waals surface area contributed by atoms with Crippen molar-refractivity contribution in [1.82, 2.24) is 0 Å². The van der Waals surface area contributed by atoms with Crippen LogP contribution in [0.4, 0.5) is 5.69 Å². The van der Waals surface area contributed by atoms with Crippen LogP contribution in [0.15, 0.2) is 77.4 Å². The van der Waals surface area contributed by atoms with Gasteiger partial charge < -0.3 is 14.2 Å². The third kappa shape index (κ3) is 5.12. The Morgan fingerprint density at radius 3 is 2.62 bits per heavy atom. The van der Waals surface area contributed by atoms with Crippen LogP contribution in [-0.2, 0) is 16.1 Å². The van der Waals surface area contributed by atoms with E-state index >= 15 is 0 Å². The van der Waals surface area contributed by atoms with Crippen LogP contribution in [0.5, 0.6) is 11.5 Å². The number of nitrogens with zero attached hydrogens (tertiary/aromatic N) is 2. The van der Waals surface area contributed by atoms with Crippen molar-refractivity contribution in [3.8, 4) is 11.5 Å². The van der Waals surface area contributed by atoms with Crippen molar-refractivity contribution in [3.63, 3.8) is 0 Å². The number of nitro benzene ring substituents is 1. The van der Waals surface area contributed by atoms with Gasteiger partial charge in [0.1, 0.15) is 6.61 Å². The molecule has 0 saturated carbocycles. The average Bonchev–Trinajstić information content (AvgIpc) is 3.19. The van der Waals surface area contributed by atoms with Crippen LogP contribution < -0.4 is 9.47 Å². The first-order valence-electron chi connectivity index (χ1n) is 10.7. The molecule has 172 valence electrons. The van der Waals surface area contributed by atoms with E-state index in [0.29, 0.717) is 29.2 Å². The van der Waals surface area contributed by atoms with E-state index in [0.717, 1.165) is 11.1 Å². The molecule has 4 rings (SSSR count). The molecule has 0 atom stereocenters. The van der Waals surface area contributed by atoms with Gasteiger partial charge in [0.2, 0.25) is 5.90 Å². The normalized spacial score (nSPS) is 14.0. The summed E-state index contributed by atoms with van der Waals surface area (Å²) in [4.78, 5) is 27.3. The maximum absolute atomic E-state index is 12.4. The number of benzene rings is 3. The second-order valence-corrected chi connectivity index (χ2v) is 7.51. The van der Waals surface area contributed by atoms with Crippen LogP contribution >= 0.6 is 0 Å². The Kier molecular flexibility index (Phi) is 6.68. The molecule has 3 aromatic rings. The van der Waals surface area contributed by atoms with Gasteiger partial charge >= 0.3 is 5.97 Å². The minimum atomic E-state index is -0.526. The van der Waals surface area contributed by atoms with E-state index in [2.05, 4.69) is 4.99 Å². The minimum absolute atomic E-state index is 0.00201. The highest BCUT2D eigenvalue weighted by molar-refractivity contribution is 6.13. The predicted molar refractivity (Wildman–Crippen MR) is 127 cm³/mol. The Labute approximate surface area is 196 Å².